The number of rotatable bonds is 4. The molecule has 3 aliphatic heterocycles. The van der Waals surface area contributed by atoms with Crippen LogP contribution in [0.15, 0.2) is 41.1 Å². The van der Waals surface area contributed by atoms with Gasteiger partial charge in [-0.05, 0) is 40.0 Å². The van der Waals surface area contributed by atoms with Crippen LogP contribution in [0.2, 0.25) is 0 Å². The van der Waals surface area contributed by atoms with Crippen molar-refractivity contribution in [2.45, 2.75) is 25.0 Å². The molecule has 2 aromatic rings. The first kappa shape index (κ1) is 11.8. The number of fused-ring (bicyclic) bond motifs is 2. The second-order valence-electron chi connectivity index (χ2n) is 6.06. The molecular formula is C17H19BrN4O. The molecule has 0 saturated carbocycles. The largest absolute Gasteiger partial charge is 0.481 e. The van der Waals surface area contributed by atoms with Crippen molar-refractivity contribution in [1.29, 1.82) is 0 Å². The van der Waals surface area contributed by atoms with Gasteiger partial charge in [0, 0.05) is 54.7 Å². The van der Waals surface area contributed by atoms with Gasteiger partial charge in [0.15, 0.2) is 0 Å². The van der Waals surface area contributed by atoms with Crippen molar-refractivity contribution in [2.75, 3.05) is 25.0 Å². The molecule has 5 heterocycles. The fraction of sp³-hybridized carbons (Fsp3) is 0.412. The van der Waals surface area contributed by atoms with Crippen molar-refractivity contribution in [2.24, 2.45) is 0 Å². The van der Waals surface area contributed by atoms with E-state index < -0.39 is 7.04 Å². The Bertz CT molecular complexity index is 757. The van der Waals surface area contributed by atoms with E-state index >= 15 is 0 Å². The maximum Gasteiger partial charge on any atom is 0.212 e. The van der Waals surface area contributed by atoms with Gasteiger partial charge in [0.25, 0.3) is 0 Å². The summed E-state index contributed by atoms with van der Waals surface area (Å²) in [5, 5.41) is 0. The van der Waals surface area contributed by atoms with Gasteiger partial charge >= 0.3 is 0 Å². The van der Waals surface area contributed by atoms with Crippen LogP contribution in [-0.2, 0) is 6.54 Å². The number of piperidine rings is 1. The molecule has 0 spiro atoms. The summed E-state index contributed by atoms with van der Waals surface area (Å²) in [6.45, 7) is 2.76. The lowest BCUT2D eigenvalue weighted by Crippen LogP contribution is -2.68. The Kier molecular flexibility index (Phi) is 3.13. The number of piperazine rings is 1. The Balaban J connectivity index is 1.36. The average molecular weight is 378 g/mol. The first-order chi connectivity index (χ1) is 12.4. The zero-order valence-electron chi connectivity index (χ0n) is 15.5. The molecule has 3 aliphatic rings. The van der Waals surface area contributed by atoms with Gasteiger partial charge in [-0.1, -0.05) is 6.07 Å². The van der Waals surface area contributed by atoms with Crippen LogP contribution >= 0.6 is 15.9 Å². The number of nitrogens with zero attached hydrogens (tertiary/aromatic N) is 4. The summed E-state index contributed by atoms with van der Waals surface area (Å²) in [7, 11) is -2.46. The van der Waals surface area contributed by atoms with E-state index in [2.05, 4.69) is 35.7 Å². The number of methoxy groups -OCH3 is 1. The van der Waals surface area contributed by atoms with Crippen molar-refractivity contribution in [3.8, 4) is 5.88 Å². The van der Waals surface area contributed by atoms with E-state index in [4.69, 9.17) is 8.85 Å². The van der Waals surface area contributed by atoms with Crippen molar-refractivity contribution in [3.63, 3.8) is 0 Å². The van der Waals surface area contributed by atoms with E-state index in [-0.39, 0.29) is 5.88 Å². The highest BCUT2D eigenvalue weighted by Gasteiger charge is 2.44. The third-order valence-corrected chi connectivity index (χ3v) is 5.12. The summed E-state index contributed by atoms with van der Waals surface area (Å²) in [5.41, 5.74) is 1.06. The van der Waals surface area contributed by atoms with Gasteiger partial charge in [-0.2, -0.15) is 0 Å². The quantitative estimate of drug-likeness (QED) is 0.819. The average Bonchev–Trinajstić information content (AvgIpc) is 2.60. The molecule has 0 amide bonds. The van der Waals surface area contributed by atoms with Crippen LogP contribution in [-0.4, -0.2) is 47.1 Å². The Morgan fingerprint density at radius 2 is 2.09 bits per heavy atom. The predicted octanol–water partition coefficient (Wildman–Crippen LogP) is 2.71. The number of hydrogen-bond acceptors (Lipinski definition) is 5. The number of halogens is 1. The number of ether oxygens (including phenoxy) is 1. The number of aromatic nitrogens is 2. The van der Waals surface area contributed by atoms with Crippen LogP contribution in [0.5, 0.6) is 5.88 Å². The third kappa shape index (κ3) is 2.93. The first-order valence-corrected chi connectivity index (χ1v) is 8.43. The monoisotopic (exact) mass is 377 g/mol. The van der Waals surface area contributed by atoms with Crippen LogP contribution < -0.4 is 9.64 Å². The topological polar surface area (TPSA) is 41.5 Å². The molecule has 120 valence electrons. The normalized spacial score (nSPS) is 26.0. The fourth-order valence-electron chi connectivity index (χ4n) is 3.46. The molecule has 0 N–H and O–H groups in total. The van der Waals surface area contributed by atoms with E-state index in [0.29, 0.717) is 12.1 Å². The predicted molar refractivity (Wildman–Crippen MR) is 92.7 cm³/mol. The second kappa shape index (κ2) is 6.09. The molecule has 0 aliphatic carbocycles. The molecule has 0 radical (unpaired) electrons. The molecule has 5 rings (SSSR count). The Labute approximate surface area is 148 Å². The lowest BCUT2D eigenvalue weighted by Gasteiger charge is -2.56. The van der Waals surface area contributed by atoms with Crippen molar-refractivity contribution >= 4 is 21.7 Å². The molecule has 2 bridgehead atoms. The summed E-state index contributed by atoms with van der Waals surface area (Å²) in [4.78, 5) is 13.4. The molecule has 23 heavy (non-hydrogen) atoms. The van der Waals surface area contributed by atoms with Gasteiger partial charge in [0.05, 0.1) is 11.2 Å². The zero-order valence-corrected chi connectivity index (χ0v) is 14.1. The molecule has 3 saturated heterocycles. The molecule has 2 aromatic heterocycles. The van der Waals surface area contributed by atoms with Crippen molar-refractivity contribution < 1.29 is 8.85 Å². The number of pyridine rings is 2. The summed E-state index contributed by atoms with van der Waals surface area (Å²) >= 11 is 3.42. The minimum Gasteiger partial charge on any atom is -0.481 e. The number of hydrogen-bond donors (Lipinski definition) is 0. The summed E-state index contributed by atoms with van der Waals surface area (Å²) in [5.74, 6) is 1.15. The molecule has 5 nitrogen and oxygen atoms in total. The highest BCUT2D eigenvalue weighted by atomic mass is 79.9. The van der Waals surface area contributed by atoms with E-state index in [1.165, 1.54) is 6.42 Å². The molecule has 2 atom stereocenters. The lowest BCUT2D eigenvalue weighted by molar-refractivity contribution is -0.00877. The molecule has 2 unspecified atom stereocenters. The first-order valence-electron chi connectivity index (χ1n) is 9.13. The zero-order chi connectivity index (χ0) is 18.3. The van der Waals surface area contributed by atoms with Gasteiger partial charge < -0.3 is 9.64 Å². The minimum atomic E-state index is -2.46. The third-order valence-electron chi connectivity index (χ3n) is 4.65. The molecular weight excluding hydrogens is 356 g/mol. The van der Waals surface area contributed by atoms with E-state index in [1.54, 1.807) is 12.3 Å². The van der Waals surface area contributed by atoms with Gasteiger partial charge in [-0.3, -0.25) is 4.90 Å². The van der Waals surface area contributed by atoms with Crippen LogP contribution in [0.1, 0.15) is 16.1 Å². The van der Waals surface area contributed by atoms with Gasteiger partial charge in [0.2, 0.25) is 5.88 Å². The highest BCUT2D eigenvalue weighted by molar-refractivity contribution is 9.10. The number of anilines is 1. The fourth-order valence-corrected chi connectivity index (χ4v) is 3.70. The molecule has 0 aromatic carbocycles. The smallest absolute Gasteiger partial charge is 0.212 e. The molecule has 3 fully saturated rings. The van der Waals surface area contributed by atoms with Gasteiger partial charge in [0.1, 0.15) is 5.82 Å². The van der Waals surface area contributed by atoms with Crippen LogP contribution in [0.3, 0.4) is 0 Å². The Morgan fingerprint density at radius 1 is 1.22 bits per heavy atom. The second-order valence-corrected chi connectivity index (χ2v) is 6.98. The van der Waals surface area contributed by atoms with Crippen LogP contribution in [0.4, 0.5) is 5.82 Å². The van der Waals surface area contributed by atoms with Crippen molar-refractivity contribution in [1.82, 2.24) is 14.9 Å². The summed E-state index contributed by atoms with van der Waals surface area (Å²) in [6.07, 6.45) is 4.74. The maximum atomic E-state index is 7.11. The SMILES string of the molecule is [2H]C([2H])([2H])Oc1ccc(CN2C3CC2CN(c2ccc(Br)cn2)C3)cn1. The summed E-state index contributed by atoms with van der Waals surface area (Å²) in [6, 6.07) is 8.60. The van der Waals surface area contributed by atoms with E-state index in [9.17, 15) is 0 Å². The van der Waals surface area contributed by atoms with Crippen LogP contribution in [0, 0.1) is 0 Å². The van der Waals surface area contributed by atoms with Gasteiger partial charge in [-0.25, -0.2) is 9.97 Å². The Hall–Kier alpha value is -1.66. The van der Waals surface area contributed by atoms with Crippen LogP contribution in [0.25, 0.3) is 0 Å². The van der Waals surface area contributed by atoms with Crippen molar-refractivity contribution in [3.05, 3.63) is 46.7 Å². The Morgan fingerprint density at radius 3 is 2.74 bits per heavy atom. The molecule has 6 heteroatoms. The minimum absolute atomic E-state index is 0.130. The van der Waals surface area contributed by atoms with E-state index in [0.717, 1.165) is 35.5 Å². The maximum absolute atomic E-state index is 7.11. The van der Waals surface area contributed by atoms with E-state index in [1.807, 2.05) is 24.4 Å². The standard InChI is InChI=1S/C17H19BrN4O/c1-23-17-5-2-12(7-20-17)9-22-14-6-15(22)11-21(10-14)16-4-3-13(18)8-19-16/h2-5,7-8,14-15H,6,9-11H2,1H3/i1D3. The lowest BCUT2D eigenvalue weighted by atomic mass is 9.87. The summed E-state index contributed by atoms with van der Waals surface area (Å²) < 4.78 is 27.1. The highest BCUT2D eigenvalue weighted by Crippen LogP contribution is 2.35. The van der Waals surface area contributed by atoms with Gasteiger partial charge in [-0.15, -0.1) is 0 Å².